The molecule has 1 fully saturated rings. The number of carbonyl (C=O) groups is 2. The van der Waals surface area contributed by atoms with Gasteiger partial charge in [0.1, 0.15) is 11.6 Å². The van der Waals surface area contributed by atoms with E-state index in [4.69, 9.17) is 10.5 Å². The molecule has 0 spiro atoms. The third-order valence-corrected chi connectivity index (χ3v) is 3.05. The highest BCUT2D eigenvalue weighted by Gasteiger charge is 2.38. The lowest BCUT2D eigenvalue weighted by Crippen LogP contribution is -2.54. The number of carbonyl (C=O) groups excluding carboxylic acids is 2. The molecule has 0 aromatic rings. The predicted molar refractivity (Wildman–Crippen MR) is 74.0 cm³/mol. The minimum atomic E-state index is -0.652. The topological polar surface area (TPSA) is 81.9 Å². The van der Waals surface area contributed by atoms with Crippen molar-refractivity contribution in [2.45, 2.75) is 51.3 Å². The Balaban J connectivity index is 2.77. The molecule has 1 aliphatic rings. The van der Waals surface area contributed by atoms with Gasteiger partial charge in [-0.1, -0.05) is 0 Å². The number of piperidine rings is 1. The summed E-state index contributed by atoms with van der Waals surface area (Å²) >= 11 is 1.52. The molecule has 1 aliphatic heterocycles. The van der Waals surface area contributed by atoms with Crippen LogP contribution in [0.5, 0.6) is 0 Å². The Labute approximate surface area is 121 Å². The van der Waals surface area contributed by atoms with Crippen molar-refractivity contribution in [3.63, 3.8) is 0 Å². The molecule has 1 amide bonds. The molecule has 7 heteroatoms. The number of nitrogens with two attached hydrogens (primary N) is 1. The molecule has 0 aliphatic carbocycles. The van der Waals surface area contributed by atoms with Crippen molar-refractivity contribution in [1.29, 1.82) is 0 Å². The van der Waals surface area contributed by atoms with E-state index in [0.717, 1.165) is 0 Å². The van der Waals surface area contributed by atoms with Gasteiger partial charge in [0.15, 0.2) is 23.0 Å². The Kier molecular flexibility index (Phi) is 5.20. The molecule has 2 atom stereocenters. The number of hydrogen-bond donors (Lipinski definition) is 1. The molecule has 18 heavy (non-hydrogen) atoms. The molecule has 1 heterocycles. The van der Waals surface area contributed by atoms with E-state index in [9.17, 15) is 9.59 Å². The smallest absolute Gasteiger partial charge is 0.411 e. The Bertz CT molecular complexity index is 329. The van der Waals surface area contributed by atoms with Crippen LogP contribution in [0.1, 0.15) is 33.6 Å². The summed E-state index contributed by atoms with van der Waals surface area (Å²) < 4.78 is 9.95. The van der Waals surface area contributed by atoms with Gasteiger partial charge >= 0.3 is 12.1 Å². The number of halogens is 1. The Morgan fingerprint density at radius 3 is 2.50 bits per heavy atom. The van der Waals surface area contributed by atoms with Crippen LogP contribution in [-0.2, 0) is 12.6 Å². The highest BCUT2D eigenvalue weighted by molar-refractivity contribution is 14.1. The lowest BCUT2D eigenvalue weighted by Gasteiger charge is -2.37. The number of rotatable bonds is 1. The van der Waals surface area contributed by atoms with Gasteiger partial charge in [-0.25, -0.2) is 9.59 Å². The second-order valence-corrected chi connectivity index (χ2v) is 5.81. The summed E-state index contributed by atoms with van der Waals surface area (Å²) in [5.41, 5.74) is 5.23. The normalized spacial score (nSPS) is 24.6. The van der Waals surface area contributed by atoms with Crippen LogP contribution in [-0.4, -0.2) is 41.2 Å². The van der Waals surface area contributed by atoms with E-state index in [1.807, 2.05) is 0 Å². The zero-order valence-electron chi connectivity index (χ0n) is 10.8. The third kappa shape index (κ3) is 4.27. The first-order valence-electron chi connectivity index (χ1n) is 5.82. The Hall–Kier alpha value is -0.570. The van der Waals surface area contributed by atoms with Crippen molar-refractivity contribution >= 4 is 35.1 Å². The minimum Gasteiger partial charge on any atom is -0.444 e. The number of amides is 1. The minimum absolute atomic E-state index is 0.0933. The molecule has 1 saturated heterocycles. The molecule has 0 saturated carbocycles. The van der Waals surface area contributed by atoms with Crippen LogP contribution in [0.3, 0.4) is 0 Å². The summed E-state index contributed by atoms with van der Waals surface area (Å²) in [7, 11) is 0. The summed E-state index contributed by atoms with van der Waals surface area (Å²) in [6.45, 7) is 5.76. The fraction of sp³-hybridized carbons (Fsp3) is 0.818. The Morgan fingerprint density at radius 1 is 1.39 bits per heavy atom. The second kappa shape index (κ2) is 6.05. The van der Waals surface area contributed by atoms with Crippen LogP contribution in [0.2, 0.25) is 0 Å². The van der Waals surface area contributed by atoms with Crippen molar-refractivity contribution in [2.75, 3.05) is 6.54 Å². The zero-order valence-corrected chi connectivity index (χ0v) is 13.0. The van der Waals surface area contributed by atoms with Gasteiger partial charge in [0.25, 0.3) is 0 Å². The maximum atomic E-state index is 12.0. The average Bonchev–Trinajstić information content (AvgIpc) is 2.25. The highest BCUT2D eigenvalue weighted by Crippen LogP contribution is 2.21. The molecule has 6 nitrogen and oxygen atoms in total. The van der Waals surface area contributed by atoms with Gasteiger partial charge in [-0.05, 0) is 33.6 Å². The maximum Gasteiger partial charge on any atom is 0.411 e. The van der Waals surface area contributed by atoms with Crippen LogP contribution >= 0.6 is 23.0 Å². The molecular weight excluding hydrogens is 351 g/mol. The maximum absolute atomic E-state index is 12.0. The molecule has 0 aromatic heterocycles. The summed E-state index contributed by atoms with van der Waals surface area (Å²) in [4.78, 5) is 25.1. The number of hydrogen-bond acceptors (Lipinski definition) is 5. The summed E-state index contributed by atoms with van der Waals surface area (Å²) in [6, 6.07) is -0.746. The first-order valence-corrected chi connectivity index (χ1v) is 6.70. The van der Waals surface area contributed by atoms with E-state index in [1.165, 1.54) is 27.9 Å². The van der Waals surface area contributed by atoms with Gasteiger partial charge in [-0.3, -0.25) is 4.90 Å². The van der Waals surface area contributed by atoms with Crippen LogP contribution in [0.15, 0.2) is 0 Å². The fourth-order valence-electron chi connectivity index (χ4n) is 1.81. The van der Waals surface area contributed by atoms with Gasteiger partial charge in [0, 0.05) is 12.6 Å². The number of nitrogens with zero attached hydrogens (tertiary/aromatic N) is 1. The molecule has 0 aromatic carbocycles. The first kappa shape index (κ1) is 15.5. The van der Waals surface area contributed by atoms with Crippen LogP contribution < -0.4 is 5.73 Å². The molecule has 0 bridgehead atoms. The van der Waals surface area contributed by atoms with Crippen LogP contribution in [0.25, 0.3) is 0 Å². The summed E-state index contributed by atoms with van der Waals surface area (Å²) in [6.07, 6.45) is 0.562. The van der Waals surface area contributed by atoms with E-state index < -0.39 is 23.7 Å². The zero-order chi connectivity index (χ0) is 13.9. The van der Waals surface area contributed by atoms with E-state index in [-0.39, 0.29) is 6.04 Å². The van der Waals surface area contributed by atoms with Crippen LogP contribution in [0, 0.1) is 0 Å². The highest BCUT2D eigenvalue weighted by atomic mass is 127. The largest absolute Gasteiger partial charge is 0.444 e. The predicted octanol–water partition coefficient (Wildman–Crippen LogP) is 1.61. The van der Waals surface area contributed by atoms with Crippen molar-refractivity contribution < 1.29 is 17.4 Å². The van der Waals surface area contributed by atoms with Gasteiger partial charge in [-0.15, -0.1) is 0 Å². The Morgan fingerprint density at radius 2 is 2.00 bits per heavy atom. The molecule has 2 unspecified atom stereocenters. The lowest BCUT2D eigenvalue weighted by molar-refractivity contribution is -0.138. The second-order valence-electron chi connectivity index (χ2n) is 5.37. The SMILES string of the molecule is CC(C)(C)OC(=O)N1CCC(N)CC1C(=O)OI. The quantitative estimate of drug-likeness (QED) is 0.710. The van der Waals surface area contributed by atoms with E-state index in [0.29, 0.717) is 19.4 Å². The van der Waals surface area contributed by atoms with E-state index >= 15 is 0 Å². The molecular formula is C11H19IN2O4. The van der Waals surface area contributed by atoms with E-state index in [1.54, 1.807) is 20.8 Å². The summed E-state index contributed by atoms with van der Waals surface area (Å²) in [5.74, 6) is -0.461. The van der Waals surface area contributed by atoms with Crippen molar-refractivity contribution in [2.24, 2.45) is 5.73 Å². The van der Waals surface area contributed by atoms with Gasteiger partial charge in [-0.2, -0.15) is 0 Å². The molecule has 2 N–H and O–H groups in total. The van der Waals surface area contributed by atoms with Gasteiger partial charge < -0.3 is 13.5 Å². The average molecular weight is 370 g/mol. The van der Waals surface area contributed by atoms with Gasteiger partial charge in [0.2, 0.25) is 0 Å². The van der Waals surface area contributed by atoms with Crippen molar-refractivity contribution in [1.82, 2.24) is 4.90 Å². The fourth-order valence-corrected chi connectivity index (χ4v) is 2.10. The monoisotopic (exact) mass is 370 g/mol. The molecule has 1 rings (SSSR count). The summed E-state index contributed by atoms with van der Waals surface area (Å²) in [5, 5.41) is 0. The van der Waals surface area contributed by atoms with Crippen molar-refractivity contribution in [3.8, 4) is 0 Å². The van der Waals surface area contributed by atoms with Gasteiger partial charge in [0.05, 0.1) is 0 Å². The van der Waals surface area contributed by atoms with Crippen molar-refractivity contribution in [3.05, 3.63) is 0 Å². The number of ether oxygens (including phenoxy) is 1. The van der Waals surface area contributed by atoms with Crippen LogP contribution in [0.4, 0.5) is 4.79 Å². The molecule has 0 radical (unpaired) electrons. The number of likely N-dealkylation sites (tertiary alicyclic amines) is 1. The lowest BCUT2D eigenvalue weighted by atomic mass is 9.98. The third-order valence-electron chi connectivity index (χ3n) is 2.62. The standard InChI is InChI=1S/C11H19IN2O4/c1-11(2,3)17-10(16)14-5-4-7(13)6-8(14)9(15)18-12/h7-8H,4-6,13H2,1-3H3. The molecule has 104 valence electrons. The first-order chi connectivity index (χ1) is 8.24. The van der Waals surface area contributed by atoms with E-state index in [2.05, 4.69) is 3.07 Å².